The first-order valence-corrected chi connectivity index (χ1v) is 17.9. The number of anilines is 1. The number of hydrogen-bond donors (Lipinski definition) is 1. The molecule has 1 aliphatic carbocycles. The van der Waals surface area contributed by atoms with Crippen molar-refractivity contribution < 1.29 is 28.2 Å². The number of benzene rings is 2. The van der Waals surface area contributed by atoms with Crippen LogP contribution in [-0.2, 0) is 16.0 Å². The minimum atomic E-state index is -0.958. The van der Waals surface area contributed by atoms with E-state index in [1.54, 1.807) is 18.2 Å². The van der Waals surface area contributed by atoms with Gasteiger partial charge < -0.3 is 24.4 Å². The van der Waals surface area contributed by atoms with Crippen molar-refractivity contribution >= 4 is 34.1 Å². The summed E-state index contributed by atoms with van der Waals surface area (Å²) in [5.41, 5.74) is 2.63. The number of ether oxygens (including phenoxy) is 2. The molecule has 0 spiro atoms. The van der Waals surface area contributed by atoms with E-state index in [0.29, 0.717) is 80.0 Å². The van der Waals surface area contributed by atoms with Gasteiger partial charge in [-0.25, -0.2) is 8.78 Å². The van der Waals surface area contributed by atoms with Crippen molar-refractivity contribution in [2.24, 2.45) is 0 Å². The predicted molar refractivity (Wildman–Crippen MR) is 194 cm³/mol. The van der Waals surface area contributed by atoms with Crippen LogP contribution in [0, 0.1) is 18.2 Å². The first-order chi connectivity index (χ1) is 24.6. The summed E-state index contributed by atoms with van der Waals surface area (Å²) in [6.45, 7) is 8.85. The Morgan fingerprint density at radius 3 is 2.82 bits per heavy atom. The molecule has 2 aromatic carbocycles. The van der Waals surface area contributed by atoms with Crippen LogP contribution in [0.1, 0.15) is 67.8 Å². The van der Waals surface area contributed by atoms with Crippen molar-refractivity contribution in [3.63, 3.8) is 0 Å². The summed E-state index contributed by atoms with van der Waals surface area (Å²) < 4.78 is 42.0. The number of nitrogens with zero attached hydrogens (tertiary/aromatic N) is 5. The Kier molecular flexibility index (Phi) is 9.74. The number of rotatable bonds is 9. The number of amides is 1. The largest absolute Gasteiger partial charge is 0.508 e. The molecule has 3 aliphatic heterocycles. The van der Waals surface area contributed by atoms with Crippen molar-refractivity contribution in [2.75, 3.05) is 51.4 Å². The average molecular weight is 698 g/mol. The molecule has 1 N–H and O–H groups in total. The number of terminal acetylenes is 1. The van der Waals surface area contributed by atoms with E-state index >= 15 is 4.39 Å². The monoisotopic (exact) mass is 697 g/mol. The van der Waals surface area contributed by atoms with Crippen LogP contribution < -0.4 is 9.64 Å². The van der Waals surface area contributed by atoms with Gasteiger partial charge in [-0.2, -0.15) is 9.97 Å². The van der Waals surface area contributed by atoms with Crippen molar-refractivity contribution in [2.45, 2.75) is 75.7 Å². The maximum Gasteiger partial charge on any atom is 0.318 e. The third-order valence-electron chi connectivity index (χ3n) is 11.1. The number of halogens is 2. The van der Waals surface area contributed by atoms with Crippen LogP contribution in [0.3, 0.4) is 0 Å². The molecule has 7 rings (SSSR count). The SMILES string of the molecule is C#Cc1c(F)ccc2cc(O)cc(C3=Cc4nc(OC[C@]5(C)C[C@@H](F)CN5C5CCOCC5)nc(N(C)C[C@@H]5CCCN5C(=O)C=C)c4CC3)c12. The summed E-state index contributed by atoms with van der Waals surface area (Å²) >= 11 is 0. The molecule has 0 unspecified atom stereocenters. The molecule has 51 heavy (non-hydrogen) atoms. The molecule has 3 atom stereocenters. The number of fused-ring (bicyclic) bond motifs is 2. The molecule has 4 aliphatic rings. The normalized spacial score (nSPS) is 23.9. The Balaban J connectivity index is 1.27. The zero-order chi connectivity index (χ0) is 35.9. The number of likely N-dealkylation sites (tertiary alicyclic amines) is 2. The molecular formula is C40H45F2N5O4. The van der Waals surface area contributed by atoms with Crippen molar-refractivity contribution in [3.8, 4) is 24.1 Å². The molecule has 0 radical (unpaired) electrons. The quantitative estimate of drug-likeness (QED) is 0.218. The van der Waals surface area contributed by atoms with Gasteiger partial charge in [-0.3, -0.25) is 9.69 Å². The van der Waals surface area contributed by atoms with Gasteiger partial charge in [0, 0.05) is 69.3 Å². The van der Waals surface area contributed by atoms with Crippen LogP contribution in [0.5, 0.6) is 11.8 Å². The van der Waals surface area contributed by atoms with Gasteiger partial charge in [0.2, 0.25) is 5.91 Å². The van der Waals surface area contributed by atoms with E-state index < -0.39 is 17.5 Å². The minimum absolute atomic E-state index is 0.00663. The zero-order valence-corrected chi connectivity index (χ0v) is 29.3. The topological polar surface area (TPSA) is 91.3 Å². The highest BCUT2D eigenvalue weighted by Crippen LogP contribution is 2.41. The van der Waals surface area contributed by atoms with E-state index in [-0.39, 0.29) is 41.9 Å². The number of carbonyl (C=O) groups is 1. The highest BCUT2D eigenvalue weighted by atomic mass is 19.1. The van der Waals surface area contributed by atoms with Gasteiger partial charge in [-0.05, 0) is 92.3 Å². The molecule has 1 aromatic heterocycles. The van der Waals surface area contributed by atoms with Gasteiger partial charge in [0.05, 0.1) is 16.8 Å². The van der Waals surface area contributed by atoms with Crippen LogP contribution in [0.25, 0.3) is 22.4 Å². The molecule has 11 heteroatoms. The van der Waals surface area contributed by atoms with Gasteiger partial charge >= 0.3 is 6.01 Å². The first-order valence-electron chi connectivity index (χ1n) is 17.9. The van der Waals surface area contributed by atoms with Crippen molar-refractivity contribution in [3.05, 3.63) is 65.1 Å². The number of aromatic hydroxyl groups is 1. The molecule has 1 amide bonds. The van der Waals surface area contributed by atoms with E-state index in [1.165, 1.54) is 12.1 Å². The van der Waals surface area contributed by atoms with Crippen molar-refractivity contribution in [1.29, 1.82) is 0 Å². The van der Waals surface area contributed by atoms with E-state index in [1.807, 2.05) is 24.9 Å². The highest BCUT2D eigenvalue weighted by molar-refractivity contribution is 6.02. The van der Waals surface area contributed by atoms with Crippen LogP contribution in [-0.4, -0.2) is 101 Å². The van der Waals surface area contributed by atoms with Crippen LogP contribution in [0.4, 0.5) is 14.6 Å². The lowest BCUT2D eigenvalue weighted by Gasteiger charge is -2.41. The summed E-state index contributed by atoms with van der Waals surface area (Å²) in [7, 11) is 1.96. The molecule has 9 nitrogen and oxygen atoms in total. The average Bonchev–Trinajstić information content (AvgIpc) is 3.72. The van der Waals surface area contributed by atoms with E-state index in [4.69, 9.17) is 25.9 Å². The van der Waals surface area contributed by atoms with E-state index in [2.05, 4.69) is 22.3 Å². The third-order valence-corrected chi connectivity index (χ3v) is 11.1. The van der Waals surface area contributed by atoms with Crippen LogP contribution in [0.15, 0.2) is 36.9 Å². The third kappa shape index (κ3) is 6.79. The van der Waals surface area contributed by atoms with Crippen molar-refractivity contribution in [1.82, 2.24) is 19.8 Å². The number of hydrogen-bond acceptors (Lipinski definition) is 8. The fourth-order valence-electron chi connectivity index (χ4n) is 8.61. The maximum atomic E-state index is 15.0. The van der Waals surface area contributed by atoms with Crippen LogP contribution >= 0.6 is 0 Å². The Labute approximate surface area is 297 Å². The van der Waals surface area contributed by atoms with E-state index in [0.717, 1.165) is 36.8 Å². The number of carbonyl (C=O) groups excluding carboxylic acids is 1. The second-order valence-electron chi connectivity index (χ2n) is 14.5. The Morgan fingerprint density at radius 1 is 1.25 bits per heavy atom. The summed E-state index contributed by atoms with van der Waals surface area (Å²) in [6.07, 6.45) is 13.1. The molecular weight excluding hydrogens is 652 g/mol. The Bertz CT molecular complexity index is 1920. The lowest BCUT2D eigenvalue weighted by molar-refractivity contribution is -0.126. The molecule has 3 aromatic rings. The van der Waals surface area contributed by atoms with Gasteiger partial charge in [-0.15, -0.1) is 6.42 Å². The number of alkyl halides is 1. The minimum Gasteiger partial charge on any atom is -0.508 e. The summed E-state index contributed by atoms with van der Waals surface area (Å²) in [5.74, 6) is 2.66. The number of phenolic OH excluding ortho intramolecular Hbond substituents is 1. The molecule has 0 bridgehead atoms. The molecule has 3 saturated heterocycles. The molecule has 3 fully saturated rings. The highest BCUT2D eigenvalue weighted by Gasteiger charge is 2.46. The Morgan fingerprint density at radius 2 is 2.06 bits per heavy atom. The lowest BCUT2D eigenvalue weighted by Crippen LogP contribution is -2.52. The fourth-order valence-corrected chi connectivity index (χ4v) is 8.61. The molecule has 4 heterocycles. The maximum absolute atomic E-state index is 15.0. The van der Waals surface area contributed by atoms with Crippen LogP contribution in [0.2, 0.25) is 0 Å². The van der Waals surface area contributed by atoms with Gasteiger partial charge in [-0.1, -0.05) is 18.6 Å². The number of likely N-dealkylation sites (N-methyl/N-ethyl adjacent to an activating group) is 1. The van der Waals surface area contributed by atoms with Gasteiger partial charge in [0.15, 0.2) is 0 Å². The summed E-state index contributed by atoms with van der Waals surface area (Å²) in [6, 6.07) is 6.51. The lowest BCUT2D eigenvalue weighted by atomic mass is 9.87. The smallest absolute Gasteiger partial charge is 0.318 e. The second-order valence-corrected chi connectivity index (χ2v) is 14.5. The predicted octanol–water partition coefficient (Wildman–Crippen LogP) is 5.92. The number of allylic oxidation sites excluding steroid dienone is 1. The Hall–Kier alpha value is -4.53. The zero-order valence-electron chi connectivity index (χ0n) is 29.3. The molecule has 268 valence electrons. The number of phenols is 1. The summed E-state index contributed by atoms with van der Waals surface area (Å²) in [5, 5.41) is 11.9. The standard InChI is InChI=1S/C40H45F2N5O4/c1-5-31-34(42)12-10-26-18-30(48)20-33(37(26)31)25-9-11-32-35(19-25)43-39(44-38(32)45(4)23-29-8-7-15-46(29)36(49)6-2)51-24-40(3)21-27(41)22-47(40)28-13-16-50-17-14-28/h1,6,10,12,18-20,27-29,48H,2,7-9,11,13-17,21-24H2,3-4H3/t27-,29+,40+/m1/s1. The second kappa shape index (κ2) is 14.2. The number of aromatic nitrogens is 2. The first kappa shape index (κ1) is 34.9. The van der Waals surface area contributed by atoms with E-state index in [9.17, 15) is 14.3 Å². The molecule has 0 saturated carbocycles. The van der Waals surface area contributed by atoms with Gasteiger partial charge in [0.25, 0.3) is 0 Å². The summed E-state index contributed by atoms with van der Waals surface area (Å²) in [4.78, 5) is 28.7. The van der Waals surface area contributed by atoms with Gasteiger partial charge in [0.1, 0.15) is 30.2 Å². The fraction of sp³-hybridized carbons (Fsp3) is 0.475.